The van der Waals surface area contributed by atoms with Gasteiger partial charge in [-0.05, 0) is 42.5 Å². The number of alkyl halides is 3. The number of thiocarbonyl (C=S) groups is 1. The minimum Gasteiger partial charge on any atom is -0.495 e. The molecule has 0 radical (unpaired) electrons. The summed E-state index contributed by atoms with van der Waals surface area (Å²) in [5, 5.41) is 15.2. The summed E-state index contributed by atoms with van der Waals surface area (Å²) in [7, 11) is 1.85. The number of hydrogen-bond donors (Lipinski definition) is 3. The van der Waals surface area contributed by atoms with Crippen molar-refractivity contribution in [3.05, 3.63) is 57.6 Å². The summed E-state index contributed by atoms with van der Waals surface area (Å²) in [6, 6.07) is 6.87. The van der Waals surface area contributed by atoms with Gasteiger partial charge in [-0.15, -0.1) is 0 Å². The average Bonchev–Trinajstić information content (AvgIpc) is 2.71. The molecule has 0 fully saturated rings. The van der Waals surface area contributed by atoms with Crippen LogP contribution >= 0.6 is 35.4 Å². The first-order valence-electron chi connectivity index (χ1n) is 8.48. The van der Waals surface area contributed by atoms with Crippen molar-refractivity contribution in [3.63, 3.8) is 0 Å². The normalized spacial score (nSPS) is 13.0. The quantitative estimate of drug-likeness (QED) is 0.412. The smallest absolute Gasteiger partial charge is 0.432 e. The minimum absolute atomic E-state index is 0.0399. The standard InChI is InChI=1S/C19H15Cl2F3N2O5S/c1-30-14-7-9(18(29,16(28)31-2)19(22,23)24)3-6-13(14)25-17(32)26-15(27)11-5-4-10(20)8-12(11)21/h3-8,29H,1-2H3,(H2,25,26,27,32). The molecule has 7 nitrogen and oxygen atoms in total. The molecule has 1 atom stereocenters. The molecule has 1 unspecified atom stereocenters. The number of amides is 1. The molecule has 172 valence electrons. The zero-order valence-electron chi connectivity index (χ0n) is 16.3. The Bertz CT molecular complexity index is 1070. The molecule has 0 saturated carbocycles. The van der Waals surface area contributed by atoms with Crippen molar-refractivity contribution < 1.29 is 37.3 Å². The molecule has 0 heterocycles. The van der Waals surface area contributed by atoms with Gasteiger partial charge in [-0.3, -0.25) is 10.1 Å². The van der Waals surface area contributed by atoms with E-state index in [-0.39, 0.29) is 27.1 Å². The Kier molecular flexibility index (Phi) is 7.94. The van der Waals surface area contributed by atoms with Crippen molar-refractivity contribution in [2.75, 3.05) is 19.5 Å². The van der Waals surface area contributed by atoms with Gasteiger partial charge in [0, 0.05) is 10.6 Å². The van der Waals surface area contributed by atoms with Crippen molar-refractivity contribution in [3.8, 4) is 5.75 Å². The van der Waals surface area contributed by atoms with E-state index in [1.54, 1.807) is 0 Å². The van der Waals surface area contributed by atoms with E-state index >= 15 is 0 Å². The second-order valence-electron chi connectivity index (χ2n) is 6.15. The molecule has 0 aliphatic rings. The van der Waals surface area contributed by atoms with Crippen LogP contribution in [0.2, 0.25) is 10.0 Å². The van der Waals surface area contributed by atoms with Gasteiger partial charge in [0.05, 0.1) is 30.5 Å². The SMILES string of the molecule is COC(=O)C(O)(c1ccc(NC(=S)NC(=O)c2ccc(Cl)cc2Cl)c(OC)c1)C(F)(F)F. The molecule has 1 amide bonds. The molecule has 0 aliphatic carbocycles. The molecule has 2 aromatic rings. The molecule has 0 bridgehead atoms. The van der Waals surface area contributed by atoms with Crippen LogP contribution in [-0.4, -0.2) is 42.5 Å². The fourth-order valence-corrected chi connectivity index (χ4v) is 3.26. The summed E-state index contributed by atoms with van der Waals surface area (Å²) in [5.41, 5.74) is -4.65. The first-order valence-corrected chi connectivity index (χ1v) is 9.65. The van der Waals surface area contributed by atoms with E-state index in [1.807, 2.05) is 0 Å². The Morgan fingerprint density at radius 1 is 1.09 bits per heavy atom. The molecular formula is C19H15Cl2F3N2O5S. The number of benzene rings is 2. The third-order valence-corrected chi connectivity index (χ3v) is 4.91. The molecule has 0 spiro atoms. The maximum Gasteiger partial charge on any atom is 0.432 e. The lowest BCUT2D eigenvalue weighted by Gasteiger charge is -2.28. The van der Waals surface area contributed by atoms with E-state index in [2.05, 4.69) is 15.4 Å². The highest BCUT2D eigenvalue weighted by Gasteiger charge is 2.62. The zero-order chi connectivity index (χ0) is 24.3. The van der Waals surface area contributed by atoms with Gasteiger partial charge < -0.3 is 19.9 Å². The number of nitrogens with one attached hydrogen (secondary N) is 2. The first-order chi connectivity index (χ1) is 14.8. The lowest BCUT2D eigenvalue weighted by Crippen LogP contribution is -2.49. The Balaban J connectivity index is 2.29. The van der Waals surface area contributed by atoms with Crippen LogP contribution in [0.5, 0.6) is 5.75 Å². The number of carbonyl (C=O) groups excluding carboxylic acids is 2. The van der Waals surface area contributed by atoms with Gasteiger partial charge in [-0.25, -0.2) is 4.79 Å². The topological polar surface area (TPSA) is 96.9 Å². The Labute approximate surface area is 195 Å². The van der Waals surface area contributed by atoms with E-state index in [1.165, 1.54) is 18.2 Å². The van der Waals surface area contributed by atoms with Crippen molar-refractivity contribution in [1.82, 2.24) is 5.32 Å². The van der Waals surface area contributed by atoms with Crippen LogP contribution in [0, 0.1) is 0 Å². The van der Waals surface area contributed by atoms with E-state index in [0.717, 1.165) is 25.3 Å². The Morgan fingerprint density at radius 3 is 2.28 bits per heavy atom. The minimum atomic E-state index is -5.37. The second-order valence-corrected chi connectivity index (χ2v) is 7.40. The molecule has 0 aromatic heterocycles. The van der Waals surface area contributed by atoms with Crippen LogP contribution in [-0.2, 0) is 15.1 Å². The number of rotatable bonds is 5. The van der Waals surface area contributed by atoms with Crippen LogP contribution in [0.25, 0.3) is 0 Å². The third kappa shape index (κ3) is 5.23. The lowest BCUT2D eigenvalue weighted by molar-refractivity contribution is -0.266. The fraction of sp³-hybridized carbons (Fsp3) is 0.211. The third-order valence-electron chi connectivity index (χ3n) is 4.16. The lowest BCUT2D eigenvalue weighted by atomic mass is 9.92. The van der Waals surface area contributed by atoms with Crippen LogP contribution < -0.4 is 15.4 Å². The van der Waals surface area contributed by atoms with E-state index < -0.39 is 29.2 Å². The summed E-state index contributed by atoms with van der Waals surface area (Å²) >= 11 is 16.8. The summed E-state index contributed by atoms with van der Waals surface area (Å²) < 4.78 is 49.5. The first kappa shape index (κ1) is 25.7. The van der Waals surface area contributed by atoms with Gasteiger partial charge in [-0.1, -0.05) is 29.3 Å². The summed E-state index contributed by atoms with van der Waals surface area (Å²) in [6.45, 7) is 0. The van der Waals surface area contributed by atoms with Crippen LogP contribution in [0.3, 0.4) is 0 Å². The van der Waals surface area contributed by atoms with Gasteiger partial charge in [0.2, 0.25) is 0 Å². The maximum absolute atomic E-state index is 13.4. The van der Waals surface area contributed by atoms with Crippen molar-refractivity contribution >= 4 is 58.1 Å². The summed E-state index contributed by atoms with van der Waals surface area (Å²) in [6.07, 6.45) is -5.37. The maximum atomic E-state index is 13.4. The van der Waals surface area contributed by atoms with Gasteiger partial charge in [0.25, 0.3) is 11.5 Å². The molecular weight excluding hydrogens is 496 g/mol. The van der Waals surface area contributed by atoms with Gasteiger partial charge in [-0.2, -0.15) is 13.2 Å². The van der Waals surface area contributed by atoms with Gasteiger partial charge in [0.1, 0.15) is 5.75 Å². The van der Waals surface area contributed by atoms with Gasteiger partial charge in [0.15, 0.2) is 5.11 Å². The summed E-state index contributed by atoms with van der Waals surface area (Å²) in [5.74, 6) is -2.80. The molecule has 0 aliphatic heterocycles. The molecule has 2 aromatic carbocycles. The highest BCUT2D eigenvalue weighted by atomic mass is 35.5. The van der Waals surface area contributed by atoms with E-state index in [0.29, 0.717) is 12.1 Å². The highest BCUT2D eigenvalue weighted by Crippen LogP contribution is 2.42. The number of methoxy groups -OCH3 is 2. The van der Waals surface area contributed by atoms with Crippen molar-refractivity contribution in [2.45, 2.75) is 11.8 Å². The molecule has 3 N–H and O–H groups in total. The number of carbonyl (C=O) groups is 2. The number of esters is 1. The monoisotopic (exact) mass is 510 g/mol. The predicted octanol–water partition coefficient (Wildman–Crippen LogP) is 4.05. The molecule has 32 heavy (non-hydrogen) atoms. The average molecular weight is 511 g/mol. The van der Waals surface area contributed by atoms with Crippen LogP contribution in [0.4, 0.5) is 18.9 Å². The van der Waals surface area contributed by atoms with E-state index in [4.69, 9.17) is 40.2 Å². The van der Waals surface area contributed by atoms with Crippen LogP contribution in [0.15, 0.2) is 36.4 Å². The van der Waals surface area contributed by atoms with Crippen molar-refractivity contribution in [2.24, 2.45) is 0 Å². The number of aliphatic hydroxyl groups is 1. The number of anilines is 1. The summed E-state index contributed by atoms with van der Waals surface area (Å²) in [4.78, 5) is 24.0. The van der Waals surface area contributed by atoms with Crippen molar-refractivity contribution in [1.29, 1.82) is 0 Å². The second kappa shape index (κ2) is 9.90. The molecule has 0 saturated heterocycles. The molecule has 13 heteroatoms. The van der Waals surface area contributed by atoms with Crippen LogP contribution in [0.1, 0.15) is 15.9 Å². The Morgan fingerprint density at radius 2 is 1.75 bits per heavy atom. The van der Waals surface area contributed by atoms with E-state index in [9.17, 15) is 27.9 Å². The number of ether oxygens (including phenoxy) is 2. The van der Waals surface area contributed by atoms with Gasteiger partial charge >= 0.3 is 12.1 Å². The number of halogens is 5. The zero-order valence-corrected chi connectivity index (χ0v) is 18.7. The number of hydrogen-bond acceptors (Lipinski definition) is 6. The fourth-order valence-electron chi connectivity index (χ4n) is 2.56. The molecule has 2 rings (SSSR count). The Hall–Kier alpha value is -2.60. The highest BCUT2D eigenvalue weighted by molar-refractivity contribution is 7.80. The largest absolute Gasteiger partial charge is 0.495 e. The predicted molar refractivity (Wildman–Crippen MR) is 115 cm³/mol.